The lowest BCUT2D eigenvalue weighted by Gasteiger charge is -2.13. The van der Waals surface area contributed by atoms with Crippen LogP contribution in [0.1, 0.15) is 46.8 Å². The van der Waals surface area contributed by atoms with Gasteiger partial charge < -0.3 is 10.4 Å². The van der Waals surface area contributed by atoms with Crippen LogP contribution in [0.3, 0.4) is 0 Å². The van der Waals surface area contributed by atoms with Crippen molar-refractivity contribution in [3.8, 4) is 0 Å². The number of nitrogens with one attached hydrogen (secondary N) is 1. The van der Waals surface area contributed by atoms with Crippen molar-refractivity contribution in [1.29, 1.82) is 0 Å². The van der Waals surface area contributed by atoms with E-state index in [0.717, 1.165) is 11.1 Å². The summed E-state index contributed by atoms with van der Waals surface area (Å²) in [5.41, 5.74) is 4.39. The second-order valence-corrected chi connectivity index (χ2v) is 5.55. The van der Waals surface area contributed by atoms with Crippen LogP contribution in [-0.2, 0) is 6.54 Å². The van der Waals surface area contributed by atoms with Gasteiger partial charge in [0.1, 0.15) is 0 Å². The first-order valence-electron chi connectivity index (χ1n) is 7.14. The lowest BCUT2D eigenvalue weighted by atomic mass is 10.0. The van der Waals surface area contributed by atoms with Gasteiger partial charge in [-0.15, -0.1) is 0 Å². The molecule has 0 aliphatic rings. The summed E-state index contributed by atoms with van der Waals surface area (Å²) in [6, 6.07) is 13.7. The van der Waals surface area contributed by atoms with Crippen molar-refractivity contribution in [3.63, 3.8) is 0 Å². The Kier molecular flexibility index (Phi) is 4.63. The van der Waals surface area contributed by atoms with E-state index in [1.54, 1.807) is 12.1 Å². The van der Waals surface area contributed by atoms with Gasteiger partial charge >= 0.3 is 5.97 Å². The molecule has 0 bridgehead atoms. The first-order valence-corrected chi connectivity index (χ1v) is 7.14. The van der Waals surface area contributed by atoms with E-state index in [0.29, 0.717) is 23.7 Å². The van der Waals surface area contributed by atoms with Crippen molar-refractivity contribution < 1.29 is 9.90 Å². The number of hydrogen-bond donors (Lipinski definition) is 2. The normalized spacial score (nSPS) is 10.7. The number of carboxylic acid groups (broad SMARTS) is 1. The van der Waals surface area contributed by atoms with E-state index < -0.39 is 5.97 Å². The number of carboxylic acids is 1. The minimum atomic E-state index is -0.906. The van der Waals surface area contributed by atoms with E-state index in [2.05, 4.69) is 43.4 Å². The third kappa shape index (κ3) is 3.63. The zero-order valence-electron chi connectivity index (χ0n) is 12.7. The van der Waals surface area contributed by atoms with Crippen LogP contribution < -0.4 is 5.32 Å². The number of aromatic carboxylic acids is 1. The average molecular weight is 283 g/mol. The van der Waals surface area contributed by atoms with Crippen LogP contribution in [0.25, 0.3) is 0 Å². The van der Waals surface area contributed by atoms with Crippen molar-refractivity contribution in [1.82, 2.24) is 0 Å². The predicted molar refractivity (Wildman–Crippen MR) is 86.0 cm³/mol. The Morgan fingerprint density at radius 1 is 1.14 bits per heavy atom. The predicted octanol–water partition coefficient (Wildman–Crippen LogP) is 4.43. The Morgan fingerprint density at radius 3 is 2.38 bits per heavy atom. The van der Waals surface area contributed by atoms with Crippen molar-refractivity contribution in [2.24, 2.45) is 0 Å². The number of para-hydroxylation sites is 1. The molecule has 0 heterocycles. The fourth-order valence-electron chi connectivity index (χ4n) is 2.29. The first kappa shape index (κ1) is 15.1. The van der Waals surface area contributed by atoms with E-state index in [4.69, 9.17) is 0 Å². The van der Waals surface area contributed by atoms with Crippen LogP contribution in [-0.4, -0.2) is 11.1 Å². The minimum absolute atomic E-state index is 0.314. The molecule has 0 aliphatic heterocycles. The monoisotopic (exact) mass is 283 g/mol. The highest BCUT2D eigenvalue weighted by Crippen LogP contribution is 2.22. The number of rotatable bonds is 5. The quantitative estimate of drug-likeness (QED) is 0.853. The number of benzene rings is 2. The molecule has 2 aromatic carbocycles. The highest BCUT2D eigenvalue weighted by atomic mass is 16.4. The highest BCUT2D eigenvalue weighted by molar-refractivity contribution is 5.95. The fourth-order valence-corrected chi connectivity index (χ4v) is 2.29. The van der Waals surface area contributed by atoms with E-state index in [9.17, 15) is 9.90 Å². The lowest BCUT2D eigenvalue weighted by molar-refractivity contribution is 0.0698. The molecule has 0 spiro atoms. The smallest absolute Gasteiger partial charge is 0.337 e. The maximum Gasteiger partial charge on any atom is 0.337 e. The zero-order chi connectivity index (χ0) is 15.4. The van der Waals surface area contributed by atoms with Gasteiger partial charge in [-0.25, -0.2) is 4.79 Å². The van der Waals surface area contributed by atoms with Crippen LogP contribution in [0.5, 0.6) is 0 Å². The molecular weight excluding hydrogens is 262 g/mol. The molecule has 110 valence electrons. The maximum absolute atomic E-state index is 11.3. The van der Waals surface area contributed by atoms with Gasteiger partial charge in [-0.3, -0.25) is 0 Å². The summed E-state index contributed by atoms with van der Waals surface area (Å²) in [6.45, 7) is 6.86. The molecule has 2 rings (SSSR count). The van der Waals surface area contributed by atoms with Gasteiger partial charge in [-0.1, -0.05) is 50.2 Å². The second-order valence-electron chi connectivity index (χ2n) is 5.55. The van der Waals surface area contributed by atoms with Gasteiger partial charge in [-0.05, 0) is 35.6 Å². The van der Waals surface area contributed by atoms with Gasteiger partial charge in [0, 0.05) is 6.54 Å². The van der Waals surface area contributed by atoms with E-state index in [-0.39, 0.29) is 0 Å². The van der Waals surface area contributed by atoms with Crippen LogP contribution in [0.4, 0.5) is 5.69 Å². The third-order valence-electron chi connectivity index (χ3n) is 3.62. The molecule has 0 unspecified atom stereocenters. The van der Waals surface area contributed by atoms with Crippen LogP contribution in [0.2, 0.25) is 0 Å². The number of hydrogen-bond acceptors (Lipinski definition) is 2. The first-order chi connectivity index (χ1) is 9.99. The van der Waals surface area contributed by atoms with Gasteiger partial charge in [-0.2, -0.15) is 0 Å². The maximum atomic E-state index is 11.3. The van der Waals surface area contributed by atoms with E-state index in [1.807, 2.05) is 13.0 Å². The summed E-state index contributed by atoms with van der Waals surface area (Å²) in [5, 5.41) is 12.5. The number of anilines is 1. The summed E-state index contributed by atoms with van der Waals surface area (Å²) >= 11 is 0. The van der Waals surface area contributed by atoms with Crippen LogP contribution in [0.15, 0.2) is 42.5 Å². The number of carbonyl (C=O) groups is 1. The molecule has 3 heteroatoms. The van der Waals surface area contributed by atoms with Gasteiger partial charge in [0.15, 0.2) is 0 Å². The highest BCUT2D eigenvalue weighted by Gasteiger charge is 2.11. The topological polar surface area (TPSA) is 49.3 Å². The molecule has 0 aliphatic carbocycles. The standard InChI is InChI=1S/C18H21NO2/c1-12(2)15-9-7-14(8-10-15)11-19-17-13(3)5-4-6-16(17)18(20)21/h4-10,12,19H,11H2,1-3H3,(H,20,21). The van der Waals surface area contributed by atoms with Gasteiger partial charge in [0.25, 0.3) is 0 Å². The Morgan fingerprint density at radius 2 is 1.81 bits per heavy atom. The van der Waals surface area contributed by atoms with Crippen molar-refractivity contribution in [2.75, 3.05) is 5.32 Å². The van der Waals surface area contributed by atoms with Crippen molar-refractivity contribution >= 4 is 11.7 Å². The number of aryl methyl sites for hydroxylation is 1. The van der Waals surface area contributed by atoms with Crippen LogP contribution >= 0.6 is 0 Å². The van der Waals surface area contributed by atoms with E-state index >= 15 is 0 Å². The molecule has 0 aromatic heterocycles. The summed E-state index contributed by atoms with van der Waals surface area (Å²) in [6.07, 6.45) is 0. The minimum Gasteiger partial charge on any atom is -0.478 e. The fraction of sp³-hybridized carbons (Fsp3) is 0.278. The van der Waals surface area contributed by atoms with Gasteiger partial charge in [0.05, 0.1) is 11.3 Å². The largest absolute Gasteiger partial charge is 0.478 e. The Hall–Kier alpha value is -2.29. The van der Waals surface area contributed by atoms with Gasteiger partial charge in [0.2, 0.25) is 0 Å². The second kappa shape index (κ2) is 6.44. The summed E-state index contributed by atoms with van der Waals surface area (Å²) in [5.74, 6) is -0.390. The molecule has 2 aromatic rings. The molecule has 0 saturated heterocycles. The molecule has 21 heavy (non-hydrogen) atoms. The molecule has 3 nitrogen and oxygen atoms in total. The molecule has 0 radical (unpaired) electrons. The molecule has 0 saturated carbocycles. The Labute approximate surface area is 125 Å². The Bertz CT molecular complexity index is 630. The summed E-state index contributed by atoms with van der Waals surface area (Å²) in [4.78, 5) is 11.3. The molecule has 2 N–H and O–H groups in total. The molecule has 0 fully saturated rings. The van der Waals surface area contributed by atoms with Crippen LogP contribution in [0, 0.1) is 6.92 Å². The van der Waals surface area contributed by atoms with Crippen molar-refractivity contribution in [3.05, 3.63) is 64.7 Å². The summed E-state index contributed by atoms with van der Waals surface area (Å²) in [7, 11) is 0. The zero-order valence-corrected chi connectivity index (χ0v) is 12.7. The SMILES string of the molecule is Cc1cccc(C(=O)O)c1NCc1ccc(C(C)C)cc1. The average Bonchev–Trinajstić information content (AvgIpc) is 2.46. The van der Waals surface area contributed by atoms with Crippen molar-refractivity contribution in [2.45, 2.75) is 33.2 Å². The lowest BCUT2D eigenvalue weighted by Crippen LogP contribution is -2.08. The summed E-state index contributed by atoms with van der Waals surface area (Å²) < 4.78 is 0. The van der Waals surface area contributed by atoms with E-state index in [1.165, 1.54) is 5.56 Å². The third-order valence-corrected chi connectivity index (χ3v) is 3.62. The molecular formula is C18H21NO2. The Balaban J connectivity index is 2.15. The molecule has 0 atom stereocenters. The molecule has 0 amide bonds.